The van der Waals surface area contributed by atoms with Crippen LogP contribution in [0.4, 0.5) is 11.5 Å². The molecule has 0 radical (unpaired) electrons. The Hall–Kier alpha value is -3.27. The zero-order chi connectivity index (χ0) is 17.2. The van der Waals surface area contributed by atoms with Crippen molar-refractivity contribution >= 4 is 22.4 Å². The fourth-order valence-corrected chi connectivity index (χ4v) is 2.93. The quantitative estimate of drug-likeness (QED) is 0.572. The molecule has 4 heteroatoms. The van der Waals surface area contributed by atoms with Gasteiger partial charge in [0.25, 0.3) is 0 Å². The third-order valence-corrected chi connectivity index (χ3v) is 4.25. The molecular formula is C21H18N4. The molecule has 4 rings (SSSR count). The number of para-hydroxylation sites is 2. The van der Waals surface area contributed by atoms with Gasteiger partial charge in [-0.1, -0.05) is 30.3 Å². The van der Waals surface area contributed by atoms with Crippen LogP contribution in [-0.4, -0.2) is 15.0 Å². The Balaban J connectivity index is 1.90. The number of nitrogens with zero attached hydrogens (tertiary/aromatic N) is 3. The molecule has 0 saturated heterocycles. The summed E-state index contributed by atoms with van der Waals surface area (Å²) in [4.78, 5) is 13.7. The molecule has 0 fully saturated rings. The van der Waals surface area contributed by atoms with E-state index < -0.39 is 0 Å². The van der Waals surface area contributed by atoms with Crippen LogP contribution in [0.15, 0.2) is 67.0 Å². The number of benzene rings is 2. The number of hydrogen-bond donors (Lipinski definition) is 1. The summed E-state index contributed by atoms with van der Waals surface area (Å²) in [5.74, 6) is 1.47. The fraction of sp³-hybridized carbons (Fsp3) is 0.0952. The first-order valence-electron chi connectivity index (χ1n) is 8.23. The Morgan fingerprint density at radius 3 is 2.36 bits per heavy atom. The Labute approximate surface area is 146 Å². The molecule has 0 aliphatic rings. The second-order valence-corrected chi connectivity index (χ2v) is 6.05. The minimum Gasteiger partial charge on any atom is -0.339 e. The number of aryl methyl sites for hydroxylation is 2. The van der Waals surface area contributed by atoms with Gasteiger partial charge in [0.1, 0.15) is 5.82 Å². The summed E-state index contributed by atoms with van der Waals surface area (Å²) < 4.78 is 0. The van der Waals surface area contributed by atoms with Crippen molar-refractivity contribution in [2.45, 2.75) is 13.8 Å². The molecule has 2 aromatic heterocycles. The number of aromatic nitrogens is 3. The highest BCUT2D eigenvalue weighted by molar-refractivity contribution is 5.92. The van der Waals surface area contributed by atoms with Crippen LogP contribution in [0.25, 0.3) is 22.3 Å². The van der Waals surface area contributed by atoms with Crippen LogP contribution >= 0.6 is 0 Å². The van der Waals surface area contributed by atoms with Crippen LogP contribution in [0.1, 0.15) is 11.1 Å². The fourth-order valence-electron chi connectivity index (χ4n) is 2.93. The monoisotopic (exact) mass is 326 g/mol. The molecule has 0 amide bonds. The van der Waals surface area contributed by atoms with Gasteiger partial charge in [-0.05, 0) is 49.2 Å². The number of fused-ring (bicyclic) bond motifs is 1. The van der Waals surface area contributed by atoms with E-state index in [0.717, 1.165) is 28.0 Å². The standard InChI is InChI=1S/C21H18N4/c1-14-7-5-8-15(2)19(14)24-21-17-10-3-4-11-18(17)23-20(25-21)16-9-6-12-22-13-16/h3-13H,1-2H3,(H,23,24,25). The predicted octanol–water partition coefficient (Wildman–Crippen LogP) is 5.05. The largest absolute Gasteiger partial charge is 0.339 e. The molecular weight excluding hydrogens is 308 g/mol. The number of pyridine rings is 1. The minimum atomic E-state index is 0.667. The lowest BCUT2D eigenvalue weighted by Gasteiger charge is -2.14. The van der Waals surface area contributed by atoms with Crippen LogP contribution in [0.3, 0.4) is 0 Å². The van der Waals surface area contributed by atoms with Crippen molar-refractivity contribution in [1.82, 2.24) is 15.0 Å². The van der Waals surface area contributed by atoms with Gasteiger partial charge in [0.05, 0.1) is 5.52 Å². The molecule has 0 aliphatic heterocycles. The molecule has 25 heavy (non-hydrogen) atoms. The maximum Gasteiger partial charge on any atom is 0.163 e. The molecule has 0 atom stereocenters. The first-order valence-corrected chi connectivity index (χ1v) is 8.23. The number of nitrogens with one attached hydrogen (secondary N) is 1. The molecule has 0 aliphatic carbocycles. The number of rotatable bonds is 3. The normalized spacial score (nSPS) is 10.8. The molecule has 0 saturated carbocycles. The Morgan fingerprint density at radius 2 is 1.60 bits per heavy atom. The molecule has 0 unspecified atom stereocenters. The highest BCUT2D eigenvalue weighted by Gasteiger charge is 2.11. The lowest BCUT2D eigenvalue weighted by molar-refractivity contribution is 1.20. The highest BCUT2D eigenvalue weighted by Crippen LogP contribution is 2.29. The van der Waals surface area contributed by atoms with Gasteiger partial charge >= 0.3 is 0 Å². The SMILES string of the molecule is Cc1cccc(C)c1Nc1nc(-c2cccnc2)nc2ccccc12. The van der Waals surface area contributed by atoms with Crippen molar-refractivity contribution in [2.75, 3.05) is 5.32 Å². The summed E-state index contributed by atoms with van der Waals surface area (Å²) in [6.07, 6.45) is 3.54. The Bertz CT molecular complexity index is 1020. The average molecular weight is 326 g/mol. The predicted molar refractivity (Wildman–Crippen MR) is 102 cm³/mol. The van der Waals surface area contributed by atoms with Crippen molar-refractivity contribution in [2.24, 2.45) is 0 Å². The van der Waals surface area contributed by atoms with E-state index in [4.69, 9.17) is 9.97 Å². The summed E-state index contributed by atoms with van der Waals surface area (Å²) in [7, 11) is 0. The molecule has 4 nitrogen and oxygen atoms in total. The topological polar surface area (TPSA) is 50.7 Å². The average Bonchev–Trinajstić information content (AvgIpc) is 2.65. The van der Waals surface area contributed by atoms with Crippen LogP contribution in [-0.2, 0) is 0 Å². The molecule has 0 spiro atoms. The van der Waals surface area contributed by atoms with E-state index in [1.54, 1.807) is 12.4 Å². The molecule has 122 valence electrons. The molecule has 2 heterocycles. The number of anilines is 2. The summed E-state index contributed by atoms with van der Waals surface area (Å²) in [5, 5.41) is 4.52. The van der Waals surface area contributed by atoms with E-state index in [2.05, 4.69) is 42.3 Å². The van der Waals surface area contributed by atoms with Gasteiger partial charge in [-0.2, -0.15) is 0 Å². The zero-order valence-corrected chi connectivity index (χ0v) is 14.2. The van der Waals surface area contributed by atoms with E-state index in [9.17, 15) is 0 Å². The van der Waals surface area contributed by atoms with Crippen LogP contribution in [0.5, 0.6) is 0 Å². The molecule has 2 aromatic carbocycles. The Kier molecular flexibility index (Phi) is 3.86. The molecule has 4 aromatic rings. The maximum atomic E-state index is 4.79. The lowest BCUT2D eigenvalue weighted by atomic mass is 10.1. The van der Waals surface area contributed by atoms with E-state index >= 15 is 0 Å². The minimum absolute atomic E-state index is 0.667. The van der Waals surface area contributed by atoms with Gasteiger partial charge < -0.3 is 5.32 Å². The van der Waals surface area contributed by atoms with Crippen molar-refractivity contribution in [1.29, 1.82) is 0 Å². The van der Waals surface area contributed by atoms with Crippen molar-refractivity contribution in [3.63, 3.8) is 0 Å². The van der Waals surface area contributed by atoms with Gasteiger partial charge in [0, 0.05) is 29.0 Å². The zero-order valence-electron chi connectivity index (χ0n) is 14.2. The van der Waals surface area contributed by atoms with Crippen LogP contribution in [0, 0.1) is 13.8 Å². The second-order valence-electron chi connectivity index (χ2n) is 6.05. The smallest absolute Gasteiger partial charge is 0.163 e. The van der Waals surface area contributed by atoms with Crippen molar-refractivity contribution in [3.8, 4) is 11.4 Å². The summed E-state index contributed by atoms with van der Waals surface area (Å²) in [5.41, 5.74) is 5.27. The van der Waals surface area contributed by atoms with Crippen LogP contribution in [0.2, 0.25) is 0 Å². The van der Waals surface area contributed by atoms with Gasteiger partial charge in [0.2, 0.25) is 0 Å². The maximum absolute atomic E-state index is 4.79. The van der Waals surface area contributed by atoms with Crippen molar-refractivity contribution in [3.05, 3.63) is 78.1 Å². The van der Waals surface area contributed by atoms with Gasteiger partial charge in [-0.3, -0.25) is 4.98 Å². The molecule has 0 bridgehead atoms. The lowest BCUT2D eigenvalue weighted by Crippen LogP contribution is -2.02. The summed E-state index contributed by atoms with van der Waals surface area (Å²) in [6, 6.07) is 18.2. The van der Waals surface area contributed by atoms with E-state index in [1.807, 2.05) is 36.4 Å². The third-order valence-electron chi connectivity index (χ3n) is 4.25. The summed E-state index contributed by atoms with van der Waals surface area (Å²) >= 11 is 0. The summed E-state index contributed by atoms with van der Waals surface area (Å²) in [6.45, 7) is 4.20. The third kappa shape index (κ3) is 2.94. The Morgan fingerprint density at radius 1 is 0.800 bits per heavy atom. The molecule has 1 N–H and O–H groups in total. The van der Waals surface area contributed by atoms with Gasteiger partial charge in [0.15, 0.2) is 5.82 Å². The van der Waals surface area contributed by atoms with E-state index in [1.165, 1.54) is 11.1 Å². The van der Waals surface area contributed by atoms with Crippen molar-refractivity contribution < 1.29 is 0 Å². The first kappa shape index (κ1) is 15.3. The van der Waals surface area contributed by atoms with Gasteiger partial charge in [-0.25, -0.2) is 9.97 Å². The second kappa shape index (κ2) is 6.32. The number of hydrogen-bond acceptors (Lipinski definition) is 4. The van der Waals surface area contributed by atoms with E-state index in [0.29, 0.717) is 5.82 Å². The van der Waals surface area contributed by atoms with Gasteiger partial charge in [-0.15, -0.1) is 0 Å². The van der Waals surface area contributed by atoms with E-state index in [-0.39, 0.29) is 0 Å². The van der Waals surface area contributed by atoms with Crippen LogP contribution < -0.4 is 5.32 Å². The highest BCUT2D eigenvalue weighted by atomic mass is 15.0. The first-order chi connectivity index (χ1) is 12.2.